The van der Waals surface area contributed by atoms with Gasteiger partial charge in [0.2, 0.25) is 0 Å². The van der Waals surface area contributed by atoms with Gasteiger partial charge in [0.25, 0.3) is 5.69 Å². The van der Waals surface area contributed by atoms with E-state index in [1.165, 1.54) is 6.07 Å². The van der Waals surface area contributed by atoms with E-state index in [0.29, 0.717) is 16.8 Å². The van der Waals surface area contributed by atoms with Gasteiger partial charge in [0, 0.05) is 30.2 Å². The van der Waals surface area contributed by atoms with Crippen LogP contribution in [0.4, 0.5) is 11.4 Å². The lowest BCUT2D eigenvalue weighted by Crippen LogP contribution is -2.37. The molecule has 1 aliphatic heterocycles. The molecule has 1 unspecified atom stereocenters. The number of benzene rings is 1. The summed E-state index contributed by atoms with van der Waals surface area (Å²) in [5, 5.41) is 14.7. The molecule has 0 radical (unpaired) electrons. The molecule has 18 heavy (non-hydrogen) atoms. The molecule has 0 saturated carbocycles. The van der Waals surface area contributed by atoms with Crippen LogP contribution >= 0.6 is 11.6 Å². The predicted octanol–water partition coefficient (Wildman–Crippen LogP) is 2.44. The Morgan fingerprint density at radius 2 is 2.39 bits per heavy atom. The normalized spacial score (nSPS) is 19.2. The second-order valence-corrected chi connectivity index (χ2v) is 4.87. The zero-order valence-corrected chi connectivity index (χ0v) is 11.0. The lowest BCUT2D eigenvalue weighted by Gasteiger charge is -2.26. The highest BCUT2D eigenvalue weighted by molar-refractivity contribution is 6.31. The first-order valence-electron chi connectivity index (χ1n) is 5.98. The highest BCUT2D eigenvalue weighted by Crippen LogP contribution is 2.35. The fraction of sp³-hybridized carbons (Fsp3) is 0.500. The molecule has 1 aliphatic rings. The van der Waals surface area contributed by atoms with Gasteiger partial charge in [-0.3, -0.25) is 10.1 Å². The van der Waals surface area contributed by atoms with Gasteiger partial charge in [-0.25, -0.2) is 0 Å². The number of rotatable bonds is 4. The summed E-state index contributed by atoms with van der Waals surface area (Å²) in [6.07, 6.45) is 2.10. The van der Waals surface area contributed by atoms with E-state index in [1.54, 1.807) is 12.1 Å². The molecular formula is C12H16ClN3O2. The first-order valence-corrected chi connectivity index (χ1v) is 6.36. The molecule has 0 spiro atoms. The molecule has 0 bridgehead atoms. The van der Waals surface area contributed by atoms with Crippen molar-refractivity contribution in [3.63, 3.8) is 0 Å². The molecule has 1 aromatic rings. The molecule has 1 fully saturated rings. The van der Waals surface area contributed by atoms with E-state index in [2.05, 4.69) is 10.2 Å². The Bertz CT molecular complexity index is 453. The van der Waals surface area contributed by atoms with E-state index in [-0.39, 0.29) is 10.6 Å². The van der Waals surface area contributed by atoms with Gasteiger partial charge in [-0.05, 0) is 32.0 Å². The predicted molar refractivity (Wildman–Crippen MR) is 72.4 cm³/mol. The van der Waals surface area contributed by atoms with Crippen molar-refractivity contribution in [2.75, 3.05) is 25.0 Å². The number of nitrogens with one attached hydrogen (secondary N) is 1. The van der Waals surface area contributed by atoms with Crippen LogP contribution in [0.15, 0.2) is 18.2 Å². The summed E-state index contributed by atoms with van der Waals surface area (Å²) in [4.78, 5) is 12.8. The standard InChI is InChI=1S/C12H16ClN3O2/c1-14-8-10-3-2-6-15(10)12-7-9(13)4-5-11(12)16(17)18/h4-5,7,10,14H,2-3,6,8H2,1H3. The molecule has 1 saturated heterocycles. The number of hydrogen-bond acceptors (Lipinski definition) is 4. The highest BCUT2D eigenvalue weighted by Gasteiger charge is 2.29. The molecule has 1 N–H and O–H groups in total. The number of nitro groups is 1. The van der Waals surface area contributed by atoms with Gasteiger partial charge < -0.3 is 10.2 Å². The Morgan fingerprint density at radius 3 is 3.06 bits per heavy atom. The van der Waals surface area contributed by atoms with Crippen molar-refractivity contribution in [1.29, 1.82) is 0 Å². The summed E-state index contributed by atoms with van der Waals surface area (Å²) in [6, 6.07) is 5.03. The fourth-order valence-electron chi connectivity index (χ4n) is 2.48. The second kappa shape index (κ2) is 5.54. The van der Waals surface area contributed by atoms with Crippen molar-refractivity contribution in [3.8, 4) is 0 Å². The maximum Gasteiger partial charge on any atom is 0.292 e. The van der Waals surface area contributed by atoms with Crippen LogP contribution in [-0.4, -0.2) is 31.1 Å². The molecule has 0 amide bonds. The Kier molecular flexibility index (Phi) is 4.04. The third-order valence-electron chi connectivity index (χ3n) is 3.26. The Hall–Kier alpha value is -1.33. The van der Waals surface area contributed by atoms with Crippen molar-refractivity contribution in [3.05, 3.63) is 33.3 Å². The minimum absolute atomic E-state index is 0.127. The summed E-state index contributed by atoms with van der Waals surface area (Å²) < 4.78 is 0. The number of halogens is 1. The van der Waals surface area contributed by atoms with Crippen LogP contribution in [0, 0.1) is 10.1 Å². The first kappa shape index (κ1) is 13.1. The van der Waals surface area contributed by atoms with Crippen LogP contribution in [0.3, 0.4) is 0 Å². The summed E-state index contributed by atoms with van der Waals surface area (Å²) >= 11 is 5.96. The Morgan fingerprint density at radius 1 is 1.61 bits per heavy atom. The van der Waals surface area contributed by atoms with E-state index in [4.69, 9.17) is 11.6 Å². The Labute approximate surface area is 111 Å². The van der Waals surface area contributed by atoms with Crippen molar-refractivity contribution in [2.45, 2.75) is 18.9 Å². The van der Waals surface area contributed by atoms with Gasteiger partial charge in [-0.15, -0.1) is 0 Å². The quantitative estimate of drug-likeness (QED) is 0.674. The van der Waals surface area contributed by atoms with Crippen LogP contribution in [0.2, 0.25) is 5.02 Å². The van der Waals surface area contributed by atoms with Crippen molar-refractivity contribution < 1.29 is 4.92 Å². The molecule has 1 atom stereocenters. The number of nitrogens with zero attached hydrogens (tertiary/aromatic N) is 2. The zero-order chi connectivity index (χ0) is 13.1. The van der Waals surface area contributed by atoms with E-state index in [0.717, 1.165) is 25.9 Å². The van der Waals surface area contributed by atoms with Gasteiger partial charge in [0.05, 0.1) is 4.92 Å². The molecule has 1 heterocycles. The van der Waals surface area contributed by atoms with Crippen LogP contribution < -0.4 is 10.2 Å². The molecular weight excluding hydrogens is 254 g/mol. The summed E-state index contributed by atoms with van der Waals surface area (Å²) in [5.41, 5.74) is 0.757. The van der Waals surface area contributed by atoms with E-state index in [9.17, 15) is 10.1 Å². The SMILES string of the molecule is CNCC1CCCN1c1cc(Cl)ccc1[N+](=O)[O-]. The number of nitro benzene ring substituents is 1. The maximum absolute atomic E-state index is 11.1. The van der Waals surface area contributed by atoms with Crippen molar-refractivity contribution >= 4 is 23.0 Å². The minimum atomic E-state index is -0.347. The number of anilines is 1. The minimum Gasteiger partial charge on any atom is -0.362 e. The summed E-state index contributed by atoms with van der Waals surface area (Å²) in [5.74, 6) is 0. The van der Waals surface area contributed by atoms with E-state index >= 15 is 0 Å². The van der Waals surface area contributed by atoms with E-state index in [1.807, 2.05) is 7.05 Å². The van der Waals surface area contributed by atoms with Crippen molar-refractivity contribution in [2.24, 2.45) is 0 Å². The molecule has 0 aliphatic carbocycles. The molecule has 0 aromatic heterocycles. The third kappa shape index (κ3) is 2.57. The van der Waals surface area contributed by atoms with E-state index < -0.39 is 0 Å². The summed E-state index contributed by atoms with van der Waals surface area (Å²) in [7, 11) is 1.89. The number of hydrogen-bond donors (Lipinski definition) is 1. The lowest BCUT2D eigenvalue weighted by molar-refractivity contribution is -0.384. The average molecular weight is 270 g/mol. The van der Waals surface area contributed by atoms with Crippen LogP contribution in [0.5, 0.6) is 0 Å². The zero-order valence-electron chi connectivity index (χ0n) is 10.2. The van der Waals surface area contributed by atoms with Crippen LogP contribution in [0.1, 0.15) is 12.8 Å². The third-order valence-corrected chi connectivity index (χ3v) is 3.50. The fourth-order valence-corrected chi connectivity index (χ4v) is 2.65. The topological polar surface area (TPSA) is 58.4 Å². The van der Waals surface area contributed by atoms with Crippen molar-refractivity contribution in [1.82, 2.24) is 5.32 Å². The van der Waals surface area contributed by atoms with Crippen LogP contribution in [0.25, 0.3) is 0 Å². The largest absolute Gasteiger partial charge is 0.362 e. The molecule has 5 nitrogen and oxygen atoms in total. The van der Waals surface area contributed by atoms with Gasteiger partial charge in [-0.1, -0.05) is 11.6 Å². The molecule has 1 aromatic carbocycles. The van der Waals surface area contributed by atoms with Gasteiger partial charge in [0.15, 0.2) is 0 Å². The second-order valence-electron chi connectivity index (χ2n) is 4.44. The number of likely N-dealkylation sites (N-methyl/N-ethyl adjacent to an activating group) is 1. The maximum atomic E-state index is 11.1. The summed E-state index contributed by atoms with van der Waals surface area (Å²) in [6.45, 7) is 1.66. The Balaban J connectivity index is 2.36. The smallest absolute Gasteiger partial charge is 0.292 e. The monoisotopic (exact) mass is 269 g/mol. The van der Waals surface area contributed by atoms with Gasteiger partial charge in [-0.2, -0.15) is 0 Å². The first-order chi connectivity index (χ1) is 8.63. The molecule has 2 rings (SSSR count). The van der Waals surface area contributed by atoms with Gasteiger partial charge >= 0.3 is 0 Å². The average Bonchev–Trinajstić information content (AvgIpc) is 2.77. The van der Waals surface area contributed by atoms with Gasteiger partial charge in [0.1, 0.15) is 5.69 Å². The highest BCUT2D eigenvalue weighted by atomic mass is 35.5. The molecule has 6 heteroatoms. The van der Waals surface area contributed by atoms with Crippen LogP contribution in [-0.2, 0) is 0 Å². The molecule has 98 valence electrons. The lowest BCUT2D eigenvalue weighted by atomic mass is 10.2.